The molecule has 0 unspecified atom stereocenters. The number of amides is 1. The molecule has 212 valence electrons. The van der Waals surface area contributed by atoms with Crippen molar-refractivity contribution in [3.05, 3.63) is 29.6 Å². The van der Waals surface area contributed by atoms with E-state index in [2.05, 4.69) is 4.18 Å². The van der Waals surface area contributed by atoms with Crippen LogP contribution in [0.25, 0.3) is 0 Å². The van der Waals surface area contributed by atoms with Crippen LogP contribution in [-0.4, -0.2) is 61.4 Å². The van der Waals surface area contributed by atoms with Gasteiger partial charge in [0.25, 0.3) is 0 Å². The van der Waals surface area contributed by atoms with E-state index in [0.29, 0.717) is 12.1 Å². The van der Waals surface area contributed by atoms with Crippen molar-refractivity contribution in [1.82, 2.24) is 4.90 Å². The van der Waals surface area contributed by atoms with Crippen LogP contribution in [0.5, 0.6) is 5.75 Å². The van der Waals surface area contributed by atoms with Crippen LogP contribution >= 0.6 is 0 Å². The van der Waals surface area contributed by atoms with Gasteiger partial charge in [0, 0.05) is 18.7 Å². The molecule has 1 fully saturated rings. The molecule has 1 heterocycles. The number of hydrogen-bond acceptors (Lipinski definition) is 5. The summed E-state index contributed by atoms with van der Waals surface area (Å²) in [4.78, 5) is 13.4. The molecule has 0 saturated carbocycles. The van der Waals surface area contributed by atoms with Gasteiger partial charge in [0.05, 0.1) is 0 Å². The number of ether oxygens (including phenoxy) is 1. The number of rotatable bonds is 6. The van der Waals surface area contributed by atoms with Gasteiger partial charge in [-0.15, -0.1) is 0 Å². The van der Waals surface area contributed by atoms with E-state index < -0.39 is 68.1 Å². The average molecular weight is 577 g/mol. The smallest absolute Gasteiger partial charge is 0.444 e. The summed E-state index contributed by atoms with van der Waals surface area (Å²) in [6.07, 6.45) is -8.25. The minimum Gasteiger partial charge on any atom is -0.444 e. The highest BCUT2D eigenvalue weighted by Crippen LogP contribution is 2.55. The molecule has 1 aliphatic heterocycles. The molecule has 1 aromatic rings. The lowest BCUT2D eigenvalue weighted by atomic mass is 9.88. The van der Waals surface area contributed by atoms with Gasteiger partial charge in [-0.3, -0.25) is 0 Å². The third kappa shape index (κ3) is 5.85. The van der Waals surface area contributed by atoms with Crippen LogP contribution in [0.15, 0.2) is 18.2 Å². The van der Waals surface area contributed by atoms with Gasteiger partial charge in [-0.2, -0.15) is 47.9 Å². The van der Waals surface area contributed by atoms with Gasteiger partial charge < -0.3 is 13.8 Å². The van der Waals surface area contributed by atoms with Crippen LogP contribution in [0, 0.1) is 5.82 Å². The van der Waals surface area contributed by atoms with Crippen LogP contribution in [0.3, 0.4) is 0 Å². The van der Waals surface area contributed by atoms with E-state index in [4.69, 9.17) is 4.74 Å². The van der Waals surface area contributed by atoms with Crippen LogP contribution in [0.4, 0.5) is 48.7 Å². The lowest BCUT2D eigenvalue weighted by molar-refractivity contribution is -0.382. The molecule has 0 aromatic heterocycles. The van der Waals surface area contributed by atoms with Gasteiger partial charge in [-0.1, -0.05) is 6.07 Å². The first-order chi connectivity index (χ1) is 16.5. The zero-order valence-corrected chi connectivity index (χ0v) is 20.1. The molecule has 1 saturated heterocycles. The summed E-state index contributed by atoms with van der Waals surface area (Å²) in [7, 11) is -7.25. The Labute approximate surface area is 204 Å². The minimum absolute atomic E-state index is 0.105. The second-order valence-corrected chi connectivity index (χ2v) is 10.7. The summed E-state index contributed by atoms with van der Waals surface area (Å²) < 4.78 is 166. The fourth-order valence-electron chi connectivity index (χ4n) is 3.35. The summed E-state index contributed by atoms with van der Waals surface area (Å²) in [5.74, 6) is -18.6. The Kier molecular flexibility index (Phi) is 8.06. The quantitative estimate of drug-likeness (QED) is 0.303. The third-order valence-electron chi connectivity index (χ3n) is 5.20. The lowest BCUT2D eigenvalue weighted by Crippen LogP contribution is -2.63. The maximum atomic E-state index is 14.6. The Morgan fingerprint density at radius 2 is 1.43 bits per heavy atom. The molecule has 6 nitrogen and oxygen atoms in total. The zero-order chi connectivity index (χ0) is 28.8. The molecule has 0 radical (unpaired) electrons. The summed E-state index contributed by atoms with van der Waals surface area (Å²) in [5.41, 5.74) is -1.60. The van der Waals surface area contributed by atoms with Crippen molar-refractivity contribution < 1.29 is 66.0 Å². The van der Waals surface area contributed by atoms with Crippen molar-refractivity contribution in [2.24, 2.45) is 0 Å². The Hall–Kier alpha value is -2.46. The Bertz CT molecular complexity index is 1110. The predicted molar refractivity (Wildman–Crippen MR) is 107 cm³/mol. The van der Waals surface area contributed by atoms with Crippen molar-refractivity contribution >= 4 is 16.2 Å². The maximum absolute atomic E-state index is 14.6. The SMILES string of the molecule is CC(C)(C)OC(=O)N1CCC(c2c(F)cccc2OS(=O)(=O)C(F)(F)C(F)(F)C(F)(F)C(F)(F)F)CC1. The number of benzene rings is 1. The normalized spacial score (nSPS) is 17.1. The highest BCUT2D eigenvalue weighted by atomic mass is 32.2. The Balaban J connectivity index is 2.36. The third-order valence-corrected chi connectivity index (χ3v) is 6.48. The van der Waals surface area contributed by atoms with E-state index in [1.54, 1.807) is 20.8 Å². The highest BCUT2D eigenvalue weighted by molar-refractivity contribution is 7.88. The molecule has 1 amide bonds. The topological polar surface area (TPSA) is 72.9 Å². The molecule has 1 aromatic carbocycles. The second-order valence-electron chi connectivity index (χ2n) is 9.09. The molecule has 1 aliphatic rings. The van der Waals surface area contributed by atoms with Crippen LogP contribution < -0.4 is 4.18 Å². The van der Waals surface area contributed by atoms with Gasteiger partial charge >= 0.3 is 39.5 Å². The van der Waals surface area contributed by atoms with E-state index >= 15 is 0 Å². The van der Waals surface area contributed by atoms with Crippen LogP contribution in [0.2, 0.25) is 0 Å². The minimum atomic E-state index is -7.50. The number of nitrogens with zero attached hydrogens (tertiary/aromatic N) is 1. The Morgan fingerprint density at radius 1 is 0.919 bits per heavy atom. The van der Waals surface area contributed by atoms with E-state index in [0.717, 1.165) is 6.07 Å². The number of alkyl halides is 9. The van der Waals surface area contributed by atoms with Crippen LogP contribution in [0.1, 0.15) is 45.1 Å². The summed E-state index contributed by atoms with van der Waals surface area (Å²) in [6, 6.07) is 1.96. The average Bonchev–Trinajstić information content (AvgIpc) is 2.71. The molecule has 0 aliphatic carbocycles. The molecule has 2 rings (SSSR count). The van der Waals surface area contributed by atoms with Gasteiger partial charge in [-0.25, -0.2) is 9.18 Å². The second kappa shape index (κ2) is 9.69. The molecule has 17 heteroatoms. The molecule has 0 bridgehead atoms. The maximum Gasteiger partial charge on any atom is 0.460 e. The van der Waals surface area contributed by atoms with Crippen molar-refractivity contribution in [1.29, 1.82) is 0 Å². The van der Waals surface area contributed by atoms with Crippen molar-refractivity contribution in [2.75, 3.05) is 13.1 Å². The fraction of sp³-hybridized carbons (Fsp3) is 0.650. The van der Waals surface area contributed by atoms with Gasteiger partial charge in [0.2, 0.25) is 0 Å². The van der Waals surface area contributed by atoms with E-state index in [-0.39, 0.29) is 25.9 Å². The highest BCUT2D eigenvalue weighted by Gasteiger charge is 2.86. The first-order valence-corrected chi connectivity index (χ1v) is 11.8. The van der Waals surface area contributed by atoms with E-state index in [1.807, 2.05) is 0 Å². The monoisotopic (exact) mass is 577 g/mol. The zero-order valence-electron chi connectivity index (χ0n) is 19.3. The predicted octanol–water partition coefficient (Wildman–Crippen LogP) is 6.07. The largest absolute Gasteiger partial charge is 0.460 e. The van der Waals surface area contributed by atoms with E-state index in [1.165, 1.54) is 4.90 Å². The van der Waals surface area contributed by atoms with Crippen molar-refractivity contribution in [2.45, 2.75) is 68.4 Å². The fourth-order valence-corrected chi connectivity index (χ4v) is 4.28. The number of carbonyl (C=O) groups excluding carboxylic acids is 1. The molecular formula is C20H21F10NO5S. The number of likely N-dealkylation sites (tertiary alicyclic amines) is 1. The molecule has 0 atom stereocenters. The standard InChI is InChI=1S/C20H21F10NO5S/c1-16(2,3)35-15(32)31-9-7-11(8-10-31)14-12(21)5-4-6-13(14)36-37(33,34)20(29,30)18(24,25)17(22,23)19(26,27)28/h4-6,11H,7-10H2,1-3H3. The summed E-state index contributed by atoms with van der Waals surface area (Å²) >= 11 is 0. The Morgan fingerprint density at radius 3 is 1.89 bits per heavy atom. The van der Waals surface area contributed by atoms with E-state index in [9.17, 15) is 57.1 Å². The first-order valence-electron chi connectivity index (χ1n) is 10.4. The number of piperidine rings is 1. The summed E-state index contributed by atoms with van der Waals surface area (Å²) in [5, 5.41) is -7.09. The van der Waals surface area contributed by atoms with Crippen molar-refractivity contribution in [3.63, 3.8) is 0 Å². The van der Waals surface area contributed by atoms with Gasteiger partial charge in [-0.05, 0) is 51.7 Å². The van der Waals surface area contributed by atoms with Crippen molar-refractivity contribution in [3.8, 4) is 5.75 Å². The molecule has 0 N–H and O–H groups in total. The summed E-state index contributed by atoms with van der Waals surface area (Å²) in [6.45, 7) is 4.55. The van der Waals surface area contributed by atoms with Gasteiger partial charge in [0.15, 0.2) is 0 Å². The lowest BCUT2D eigenvalue weighted by Gasteiger charge is -2.34. The van der Waals surface area contributed by atoms with Gasteiger partial charge in [0.1, 0.15) is 17.2 Å². The number of halogens is 10. The number of carbonyl (C=O) groups is 1. The molecule has 37 heavy (non-hydrogen) atoms. The first kappa shape index (κ1) is 30.8. The van der Waals surface area contributed by atoms with Crippen LogP contribution in [-0.2, 0) is 14.9 Å². The number of hydrogen-bond donors (Lipinski definition) is 0. The molecule has 0 spiro atoms. The molecular weight excluding hydrogens is 556 g/mol.